The number of carbonyl (C=O) groups excluding carboxylic acids is 1. The second-order valence-corrected chi connectivity index (χ2v) is 10.6. The Balaban J connectivity index is 1.12. The molecule has 6 nitrogen and oxygen atoms in total. The Labute approximate surface area is 214 Å². The van der Waals surface area contributed by atoms with Crippen LogP contribution >= 0.6 is 11.6 Å². The Morgan fingerprint density at radius 3 is 2.57 bits per heavy atom. The molecule has 2 saturated heterocycles. The molecule has 190 valence electrons. The number of hydrogen-bond acceptors (Lipinski definition) is 5. The van der Waals surface area contributed by atoms with Gasteiger partial charge in [-0.25, -0.2) is 0 Å². The van der Waals surface area contributed by atoms with Crippen LogP contribution in [-0.2, 0) is 16.1 Å². The third kappa shape index (κ3) is 7.60. The van der Waals surface area contributed by atoms with Crippen LogP contribution in [0.25, 0.3) is 0 Å². The molecule has 0 radical (unpaired) electrons. The summed E-state index contributed by atoms with van der Waals surface area (Å²) in [5.41, 5.74) is 2.21. The zero-order valence-corrected chi connectivity index (χ0v) is 21.7. The maximum absolute atomic E-state index is 12.4. The third-order valence-electron chi connectivity index (χ3n) is 6.85. The molecule has 2 aromatic rings. The number of nitrogens with one attached hydrogen (secondary N) is 1. The van der Waals surface area contributed by atoms with E-state index in [0.717, 1.165) is 68.4 Å². The van der Waals surface area contributed by atoms with E-state index >= 15 is 0 Å². The first-order chi connectivity index (χ1) is 16.9. The van der Waals surface area contributed by atoms with E-state index in [2.05, 4.69) is 33.3 Å². The van der Waals surface area contributed by atoms with Crippen molar-refractivity contribution in [3.8, 4) is 5.75 Å². The highest BCUT2D eigenvalue weighted by atomic mass is 35.5. The number of nitrogens with zero attached hydrogens (tertiary/aromatic N) is 2. The van der Waals surface area contributed by atoms with Crippen molar-refractivity contribution in [1.82, 2.24) is 10.2 Å². The van der Waals surface area contributed by atoms with Gasteiger partial charge in [0.1, 0.15) is 5.75 Å². The van der Waals surface area contributed by atoms with Gasteiger partial charge in [0, 0.05) is 51.8 Å². The van der Waals surface area contributed by atoms with Crippen LogP contribution in [0.15, 0.2) is 48.5 Å². The van der Waals surface area contributed by atoms with Gasteiger partial charge in [0.15, 0.2) is 0 Å². The second-order valence-electron chi connectivity index (χ2n) is 10.1. The van der Waals surface area contributed by atoms with E-state index in [0.29, 0.717) is 19.8 Å². The van der Waals surface area contributed by atoms with Gasteiger partial charge in [0.25, 0.3) is 0 Å². The summed E-state index contributed by atoms with van der Waals surface area (Å²) in [6, 6.07) is 16.4. The molecule has 0 saturated carbocycles. The lowest BCUT2D eigenvalue weighted by molar-refractivity contribution is -0.135. The van der Waals surface area contributed by atoms with Gasteiger partial charge in [-0.05, 0) is 62.9 Å². The number of halogens is 1. The number of benzene rings is 2. The molecule has 7 heteroatoms. The molecular formula is C28H38ClN3O3. The van der Waals surface area contributed by atoms with E-state index in [9.17, 15) is 4.79 Å². The average Bonchev–Trinajstić information content (AvgIpc) is 2.85. The normalized spacial score (nSPS) is 20.4. The predicted molar refractivity (Wildman–Crippen MR) is 141 cm³/mol. The molecule has 0 unspecified atom stereocenters. The second kappa shape index (κ2) is 12.1. The number of piperazine rings is 1. The fourth-order valence-corrected chi connectivity index (χ4v) is 5.13. The lowest BCUT2D eigenvalue weighted by Gasteiger charge is -2.36. The molecule has 2 aliphatic rings. The van der Waals surface area contributed by atoms with Crippen molar-refractivity contribution in [2.75, 3.05) is 50.8 Å². The fraction of sp³-hybridized carbons (Fsp3) is 0.536. The van der Waals surface area contributed by atoms with E-state index in [1.165, 1.54) is 5.56 Å². The van der Waals surface area contributed by atoms with Gasteiger partial charge in [-0.3, -0.25) is 9.69 Å². The summed E-state index contributed by atoms with van der Waals surface area (Å²) >= 11 is 6.36. The quantitative estimate of drug-likeness (QED) is 0.504. The minimum absolute atomic E-state index is 0.0475. The SMILES string of the molecule is CC1(C)C[C@@H](C(=O)NCCCOc2ccc(CN3CCN(c4ccccc4Cl)CC3)cc2)CCO1. The van der Waals surface area contributed by atoms with Crippen LogP contribution < -0.4 is 15.0 Å². The lowest BCUT2D eigenvalue weighted by Crippen LogP contribution is -2.46. The largest absolute Gasteiger partial charge is 0.494 e. The molecule has 0 aromatic heterocycles. The Morgan fingerprint density at radius 1 is 1.11 bits per heavy atom. The minimum Gasteiger partial charge on any atom is -0.494 e. The van der Waals surface area contributed by atoms with Crippen molar-refractivity contribution < 1.29 is 14.3 Å². The molecule has 0 bridgehead atoms. The monoisotopic (exact) mass is 499 g/mol. The van der Waals surface area contributed by atoms with Gasteiger partial charge in [0.2, 0.25) is 5.91 Å². The first kappa shape index (κ1) is 25.8. The molecule has 0 spiro atoms. The van der Waals surface area contributed by atoms with Crippen molar-refractivity contribution in [3.05, 3.63) is 59.1 Å². The summed E-state index contributed by atoms with van der Waals surface area (Å²) < 4.78 is 11.6. The van der Waals surface area contributed by atoms with Crippen LogP contribution in [0.4, 0.5) is 5.69 Å². The summed E-state index contributed by atoms with van der Waals surface area (Å²) in [6.07, 6.45) is 2.36. The Morgan fingerprint density at radius 2 is 1.86 bits per heavy atom. The van der Waals surface area contributed by atoms with Crippen molar-refractivity contribution >= 4 is 23.2 Å². The van der Waals surface area contributed by atoms with Crippen molar-refractivity contribution in [2.45, 2.75) is 45.3 Å². The highest BCUT2D eigenvalue weighted by Crippen LogP contribution is 2.29. The lowest BCUT2D eigenvalue weighted by atomic mass is 9.88. The van der Waals surface area contributed by atoms with Gasteiger partial charge in [-0.2, -0.15) is 0 Å². The van der Waals surface area contributed by atoms with Crippen molar-refractivity contribution in [2.24, 2.45) is 5.92 Å². The van der Waals surface area contributed by atoms with Gasteiger partial charge in [-0.15, -0.1) is 0 Å². The highest BCUT2D eigenvalue weighted by molar-refractivity contribution is 6.33. The Kier molecular flexibility index (Phi) is 8.93. The topological polar surface area (TPSA) is 54.0 Å². The van der Waals surface area contributed by atoms with Crippen LogP contribution in [0.3, 0.4) is 0 Å². The molecule has 0 aliphatic carbocycles. The number of rotatable bonds is 9. The summed E-state index contributed by atoms with van der Waals surface area (Å²) in [6.45, 7) is 10.9. The van der Waals surface area contributed by atoms with E-state index in [1.807, 2.05) is 44.2 Å². The molecule has 1 atom stereocenters. The van der Waals surface area contributed by atoms with Crippen LogP contribution in [0.1, 0.15) is 38.7 Å². The number of amides is 1. The Bertz CT molecular complexity index is 958. The number of hydrogen-bond donors (Lipinski definition) is 1. The van der Waals surface area contributed by atoms with Crippen LogP contribution in [0, 0.1) is 5.92 Å². The maximum Gasteiger partial charge on any atom is 0.223 e. The molecule has 35 heavy (non-hydrogen) atoms. The van der Waals surface area contributed by atoms with Crippen molar-refractivity contribution in [3.63, 3.8) is 0 Å². The van der Waals surface area contributed by atoms with Crippen LogP contribution in [-0.4, -0.2) is 62.3 Å². The molecular weight excluding hydrogens is 462 g/mol. The summed E-state index contributed by atoms with van der Waals surface area (Å²) in [5, 5.41) is 3.88. The molecule has 4 rings (SSSR count). The maximum atomic E-state index is 12.4. The molecule has 2 aromatic carbocycles. The molecule has 1 N–H and O–H groups in total. The van der Waals surface area contributed by atoms with E-state index in [-0.39, 0.29) is 17.4 Å². The van der Waals surface area contributed by atoms with Crippen LogP contribution in [0.5, 0.6) is 5.75 Å². The van der Waals surface area contributed by atoms with Gasteiger partial charge >= 0.3 is 0 Å². The summed E-state index contributed by atoms with van der Waals surface area (Å²) in [4.78, 5) is 17.2. The first-order valence-corrected chi connectivity index (χ1v) is 13.1. The fourth-order valence-electron chi connectivity index (χ4n) is 4.88. The standard InChI is InChI=1S/C28H38ClN3O3/c1-28(2)20-23(12-19-35-28)27(33)30-13-5-18-34-24-10-8-22(9-11-24)21-31-14-16-32(17-15-31)26-7-4-3-6-25(26)29/h3-4,6-11,23H,5,12-21H2,1-2H3,(H,30,33)/t23-/m0/s1. The minimum atomic E-state index is -0.208. The predicted octanol–water partition coefficient (Wildman–Crippen LogP) is 4.75. The number of ether oxygens (including phenoxy) is 2. The zero-order chi connectivity index (χ0) is 24.7. The van der Waals surface area contributed by atoms with Gasteiger partial charge in [-0.1, -0.05) is 35.9 Å². The van der Waals surface area contributed by atoms with E-state index < -0.39 is 0 Å². The number of para-hydroxylation sites is 1. The number of anilines is 1. The molecule has 1 amide bonds. The van der Waals surface area contributed by atoms with Crippen LogP contribution in [0.2, 0.25) is 5.02 Å². The summed E-state index contributed by atoms with van der Waals surface area (Å²) in [5.74, 6) is 1.06. The third-order valence-corrected chi connectivity index (χ3v) is 7.17. The Hall–Kier alpha value is -2.28. The van der Waals surface area contributed by atoms with E-state index in [1.54, 1.807) is 0 Å². The molecule has 2 heterocycles. The molecule has 2 fully saturated rings. The zero-order valence-electron chi connectivity index (χ0n) is 21.0. The summed E-state index contributed by atoms with van der Waals surface area (Å²) in [7, 11) is 0. The van der Waals surface area contributed by atoms with Gasteiger partial charge in [0.05, 0.1) is 22.9 Å². The highest BCUT2D eigenvalue weighted by Gasteiger charge is 2.32. The molecule has 2 aliphatic heterocycles. The average molecular weight is 500 g/mol. The van der Waals surface area contributed by atoms with Crippen molar-refractivity contribution in [1.29, 1.82) is 0 Å². The first-order valence-electron chi connectivity index (χ1n) is 12.7. The van der Waals surface area contributed by atoms with E-state index in [4.69, 9.17) is 21.1 Å². The number of carbonyl (C=O) groups is 1. The van der Waals surface area contributed by atoms with Gasteiger partial charge < -0.3 is 19.7 Å². The smallest absolute Gasteiger partial charge is 0.223 e.